The van der Waals surface area contributed by atoms with Crippen LogP contribution in [0.1, 0.15) is 43.8 Å². The monoisotopic (exact) mass is 363 g/mol. The van der Waals surface area contributed by atoms with Crippen LogP contribution >= 0.6 is 11.6 Å². The molecule has 136 valence electrons. The molecule has 25 heavy (non-hydrogen) atoms. The number of esters is 1. The van der Waals surface area contributed by atoms with Gasteiger partial charge in [-0.3, -0.25) is 4.79 Å². The first-order valence-corrected chi connectivity index (χ1v) is 9.13. The molecule has 0 bridgehead atoms. The van der Waals surface area contributed by atoms with E-state index in [2.05, 4.69) is 16.5 Å². The van der Waals surface area contributed by atoms with Crippen molar-refractivity contribution in [3.8, 4) is 0 Å². The number of imidazole rings is 1. The number of carbonyl (C=O) groups is 1. The standard InChI is InChI=1S/C19H26ClN3O2/c1-3-5-10-18-22-12-15(11-17(21)19(24)25-4-2)23(18)13-14-8-6-7-9-16(14)20/h6-9,12,17H,3-5,10-11,13,21H2,1-2H3. The van der Waals surface area contributed by atoms with E-state index in [1.165, 1.54) is 0 Å². The Labute approximate surface area is 154 Å². The third kappa shape index (κ3) is 5.31. The Bertz CT molecular complexity index is 700. The van der Waals surface area contributed by atoms with E-state index in [-0.39, 0.29) is 5.97 Å². The van der Waals surface area contributed by atoms with E-state index in [9.17, 15) is 4.79 Å². The number of nitrogens with two attached hydrogens (primary N) is 1. The summed E-state index contributed by atoms with van der Waals surface area (Å²) in [4.78, 5) is 16.4. The number of aromatic nitrogens is 2. The van der Waals surface area contributed by atoms with Crippen molar-refractivity contribution in [1.29, 1.82) is 0 Å². The zero-order chi connectivity index (χ0) is 18.2. The molecule has 0 aliphatic heterocycles. The van der Waals surface area contributed by atoms with Gasteiger partial charge in [-0.1, -0.05) is 43.1 Å². The van der Waals surface area contributed by atoms with Gasteiger partial charge in [0.2, 0.25) is 0 Å². The number of hydrogen-bond donors (Lipinski definition) is 1. The summed E-state index contributed by atoms with van der Waals surface area (Å²) in [7, 11) is 0. The summed E-state index contributed by atoms with van der Waals surface area (Å²) in [5.74, 6) is 0.607. The lowest BCUT2D eigenvalue weighted by Crippen LogP contribution is -2.35. The van der Waals surface area contributed by atoms with E-state index in [4.69, 9.17) is 22.1 Å². The second-order valence-electron chi connectivity index (χ2n) is 6.01. The molecule has 2 rings (SSSR count). The van der Waals surface area contributed by atoms with Crippen molar-refractivity contribution in [2.45, 2.75) is 52.1 Å². The van der Waals surface area contributed by atoms with Crippen LogP contribution in [0, 0.1) is 0 Å². The molecular formula is C19H26ClN3O2. The Morgan fingerprint density at radius 2 is 2.12 bits per heavy atom. The molecule has 0 spiro atoms. The number of aryl methyl sites for hydroxylation is 1. The first-order valence-electron chi connectivity index (χ1n) is 8.75. The van der Waals surface area contributed by atoms with Gasteiger partial charge in [-0.2, -0.15) is 0 Å². The summed E-state index contributed by atoms with van der Waals surface area (Å²) in [6.07, 6.45) is 5.23. The number of unbranched alkanes of at least 4 members (excludes halogenated alkanes) is 1. The molecule has 1 unspecified atom stereocenters. The highest BCUT2D eigenvalue weighted by Crippen LogP contribution is 2.20. The molecule has 0 aliphatic rings. The minimum absolute atomic E-state index is 0.327. The van der Waals surface area contributed by atoms with Gasteiger partial charge in [0.1, 0.15) is 11.9 Å². The molecule has 1 heterocycles. The molecule has 0 saturated carbocycles. The molecule has 1 aromatic heterocycles. The third-order valence-corrected chi connectivity index (χ3v) is 4.45. The lowest BCUT2D eigenvalue weighted by atomic mass is 10.1. The number of halogens is 1. The summed E-state index contributed by atoms with van der Waals surface area (Å²) >= 11 is 6.32. The number of nitrogens with zero attached hydrogens (tertiary/aromatic N) is 2. The van der Waals surface area contributed by atoms with Crippen molar-refractivity contribution in [3.63, 3.8) is 0 Å². The largest absolute Gasteiger partial charge is 0.465 e. The zero-order valence-electron chi connectivity index (χ0n) is 14.9. The van der Waals surface area contributed by atoms with Crippen LogP contribution in [0.3, 0.4) is 0 Å². The van der Waals surface area contributed by atoms with Crippen molar-refractivity contribution in [2.24, 2.45) is 5.73 Å². The Kier molecular flexibility index (Phi) is 7.47. The predicted molar refractivity (Wildman–Crippen MR) is 99.7 cm³/mol. The van der Waals surface area contributed by atoms with Crippen LogP contribution in [0.15, 0.2) is 30.5 Å². The maximum Gasteiger partial charge on any atom is 0.323 e. The number of carbonyl (C=O) groups excluding carboxylic acids is 1. The van der Waals surface area contributed by atoms with Crippen LogP contribution in [-0.2, 0) is 28.9 Å². The van der Waals surface area contributed by atoms with E-state index in [0.29, 0.717) is 19.6 Å². The predicted octanol–water partition coefficient (Wildman–Crippen LogP) is 3.36. The van der Waals surface area contributed by atoms with Crippen molar-refractivity contribution < 1.29 is 9.53 Å². The summed E-state index contributed by atoms with van der Waals surface area (Å²) in [6.45, 7) is 4.87. The lowest BCUT2D eigenvalue weighted by Gasteiger charge is -2.15. The minimum atomic E-state index is -0.694. The fraction of sp³-hybridized carbons (Fsp3) is 0.474. The number of hydrogen-bond acceptors (Lipinski definition) is 4. The Hall–Kier alpha value is -1.85. The van der Waals surface area contributed by atoms with Crippen molar-refractivity contribution in [3.05, 3.63) is 52.6 Å². The highest BCUT2D eigenvalue weighted by atomic mass is 35.5. The summed E-state index contributed by atoms with van der Waals surface area (Å²) in [5.41, 5.74) is 7.94. The summed E-state index contributed by atoms with van der Waals surface area (Å²) in [6, 6.07) is 7.06. The number of rotatable bonds is 9. The van der Waals surface area contributed by atoms with Gasteiger partial charge >= 0.3 is 5.97 Å². The van der Waals surface area contributed by atoms with Gasteiger partial charge in [-0.05, 0) is 25.0 Å². The average molecular weight is 364 g/mol. The number of ether oxygens (including phenoxy) is 1. The van der Waals surface area contributed by atoms with Gasteiger partial charge in [-0.15, -0.1) is 0 Å². The van der Waals surface area contributed by atoms with E-state index >= 15 is 0 Å². The van der Waals surface area contributed by atoms with Crippen LogP contribution in [0.5, 0.6) is 0 Å². The summed E-state index contributed by atoms with van der Waals surface area (Å²) < 4.78 is 7.13. The third-order valence-electron chi connectivity index (χ3n) is 4.08. The fourth-order valence-corrected chi connectivity index (χ4v) is 2.89. The van der Waals surface area contributed by atoms with Gasteiger partial charge in [0.15, 0.2) is 0 Å². The van der Waals surface area contributed by atoms with Crippen LogP contribution in [0.2, 0.25) is 5.02 Å². The van der Waals surface area contributed by atoms with Crippen molar-refractivity contribution in [1.82, 2.24) is 9.55 Å². The Morgan fingerprint density at radius 1 is 1.36 bits per heavy atom. The molecule has 5 nitrogen and oxygen atoms in total. The topological polar surface area (TPSA) is 70.1 Å². The lowest BCUT2D eigenvalue weighted by molar-refractivity contribution is -0.144. The molecule has 0 aliphatic carbocycles. The van der Waals surface area contributed by atoms with Crippen molar-refractivity contribution in [2.75, 3.05) is 6.61 Å². The Balaban J connectivity index is 2.25. The second-order valence-corrected chi connectivity index (χ2v) is 6.42. The molecule has 6 heteroatoms. The van der Waals surface area contributed by atoms with Crippen LogP contribution < -0.4 is 5.73 Å². The minimum Gasteiger partial charge on any atom is -0.465 e. The molecule has 1 aromatic carbocycles. The molecule has 0 fully saturated rings. The van der Waals surface area contributed by atoms with Gasteiger partial charge in [0.25, 0.3) is 0 Å². The first-order chi connectivity index (χ1) is 12.1. The second kappa shape index (κ2) is 9.59. The van der Waals surface area contributed by atoms with Gasteiger partial charge in [-0.25, -0.2) is 4.98 Å². The van der Waals surface area contributed by atoms with Crippen LogP contribution in [0.25, 0.3) is 0 Å². The quantitative estimate of drug-likeness (QED) is 0.693. The van der Waals surface area contributed by atoms with Crippen LogP contribution in [-0.4, -0.2) is 28.2 Å². The normalized spacial score (nSPS) is 12.2. The number of benzene rings is 1. The van der Waals surface area contributed by atoms with Crippen molar-refractivity contribution >= 4 is 17.6 Å². The van der Waals surface area contributed by atoms with Gasteiger partial charge < -0.3 is 15.0 Å². The SMILES string of the molecule is CCCCc1ncc(CC(N)C(=O)OCC)n1Cc1ccccc1Cl. The molecule has 0 radical (unpaired) electrons. The van der Waals surface area contributed by atoms with E-state index in [0.717, 1.165) is 41.4 Å². The maximum absolute atomic E-state index is 11.9. The molecular weight excluding hydrogens is 338 g/mol. The molecule has 0 saturated heterocycles. The molecule has 2 N–H and O–H groups in total. The molecule has 1 atom stereocenters. The maximum atomic E-state index is 11.9. The highest BCUT2D eigenvalue weighted by Gasteiger charge is 2.19. The first kappa shape index (κ1) is 19.5. The molecule has 2 aromatic rings. The smallest absolute Gasteiger partial charge is 0.323 e. The summed E-state index contributed by atoms with van der Waals surface area (Å²) in [5, 5.41) is 0.721. The van der Waals surface area contributed by atoms with Crippen LogP contribution in [0.4, 0.5) is 0 Å². The average Bonchev–Trinajstić information content (AvgIpc) is 2.97. The van der Waals surface area contributed by atoms with Gasteiger partial charge in [0, 0.05) is 29.8 Å². The van der Waals surface area contributed by atoms with E-state index in [1.54, 1.807) is 13.1 Å². The van der Waals surface area contributed by atoms with E-state index in [1.807, 2.05) is 24.3 Å². The highest BCUT2D eigenvalue weighted by molar-refractivity contribution is 6.31. The molecule has 0 amide bonds. The van der Waals surface area contributed by atoms with E-state index < -0.39 is 6.04 Å². The van der Waals surface area contributed by atoms with Gasteiger partial charge in [0.05, 0.1) is 13.2 Å². The fourth-order valence-electron chi connectivity index (χ4n) is 2.70. The zero-order valence-corrected chi connectivity index (χ0v) is 15.6. The Morgan fingerprint density at radius 3 is 2.80 bits per heavy atom.